The number of hydrogen-bond acceptors (Lipinski definition) is 2. The smallest absolute Gasteiger partial charge is 0.285 e. The predicted molar refractivity (Wildman–Crippen MR) is 91.5 cm³/mol. The van der Waals surface area contributed by atoms with Gasteiger partial charge in [-0.1, -0.05) is 29.0 Å². The fraction of sp³-hybridized carbons (Fsp3) is 0.176. The normalized spacial score (nSPS) is 12.1. The van der Waals surface area contributed by atoms with Crippen LogP contribution in [0, 0.1) is 18.6 Å². The van der Waals surface area contributed by atoms with Gasteiger partial charge in [0, 0.05) is 11.6 Å². The number of fused-ring (bicyclic) bond motifs is 1. The molecule has 24 heavy (non-hydrogen) atoms. The summed E-state index contributed by atoms with van der Waals surface area (Å²) in [6.07, 6.45) is 0. The third kappa shape index (κ3) is 2.87. The number of amides is 1. The maximum Gasteiger partial charge on any atom is 0.285 e. The lowest BCUT2D eigenvalue weighted by Gasteiger charge is -2.04. The van der Waals surface area contributed by atoms with Gasteiger partial charge in [-0.3, -0.25) is 4.79 Å². The van der Waals surface area contributed by atoms with Crippen molar-refractivity contribution in [3.05, 3.63) is 62.9 Å². The Morgan fingerprint density at radius 1 is 1.29 bits per heavy atom. The fourth-order valence-electron chi connectivity index (χ4n) is 2.60. The number of nitrogens with zero attached hydrogens (tertiary/aromatic N) is 2. The molecule has 0 bridgehead atoms. The van der Waals surface area contributed by atoms with E-state index in [1.807, 2.05) is 24.5 Å². The highest BCUT2D eigenvalue weighted by molar-refractivity contribution is 7.16. The number of benzene rings is 2. The molecule has 124 valence electrons. The van der Waals surface area contributed by atoms with E-state index >= 15 is 0 Å². The Bertz CT molecular complexity index is 1000. The molecule has 1 aromatic heterocycles. The highest BCUT2D eigenvalue weighted by Gasteiger charge is 2.17. The first-order valence-corrected chi connectivity index (χ1v) is 8.44. The Kier molecular flexibility index (Phi) is 4.51. The molecular weight excluding hydrogens is 354 g/mol. The molecule has 0 aliphatic carbocycles. The van der Waals surface area contributed by atoms with Crippen LogP contribution in [0.2, 0.25) is 5.02 Å². The maximum atomic E-state index is 13.8. The van der Waals surface area contributed by atoms with Crippen molar-refractivity contribution in [1.29, 1.82) is 0 Å². The molecule has 0 saturated heterocycles. The molecule has 0 saturated carbocycles. The van der Waals surface area contributed by atoms with Gasteiger partial charge in [0.15, 0.2) is 4.80 Å². The van der Waals surface area contributed by atoms with Crippen molar-refractivity contribution in [2.24, 2.45) is 4.99 Å². The zero-order valence-electron chi connectivity index (χ0n) is 12.9. The van der Waals surface area contributed by atoms with Gasteiger partial charge in [-0.2, -0.15) is 4.99 Å². The van der Waals surface area contributed by atoms with Crippen LogP contribution >= 0.6 is 22.9 Å². The van der Waals surface area contributed by atoms with E-state index in [1.165, 1.54) is 17.4 Å². The number of thiazole rings is 1. The second-order valence-corrected chi connectivity index (χ2v) is 6.66. The Morgan fingerprint density at radius 2 is 1.96 bits per heavy atom. The van der Waals surface area contributed by atoms with E-state index in [1.54, 1.807) is 6.07 Å². The molecule has 0 spiro atoms. The van der Waals surface area contributed by atoms with Gasteiger partial charge in [0.2, 0.25) is 0 Å². The molecule has 0 unspecified atom stereocenters. The summed E-state index contributed by atoms with van der Waals surface area (Å²) in [5.41, 5.74) is 1.21. The van der Waals surface area contributed by atoms with Crippen molar-refractivity contribution >= 4 is 39.1 Å². The fourth-order valence-corrected chi connectivity index (χ4v) is 4.15. The van der Waals surface area contributed by atoms with E-state index in [4.69, 9.17) is 11.6 Å². The summed E-state index contributed by atoms with van der Waals surface area (Å²) in [7, 11) is 0. The van der Waals surface area contributed by atoms with E-state index in [-0.39, 0.29) is 0 Å². The van der Waals surface area contributed by atoms with Crippen molar-refractivity contribution in [1.82, 2.24) is 4.57 Å². The van der Waals surface area contributed by atoms with Crippen molar-refractivity contribution in [3.63, 3.8) is 0 Å². The summed E-state index contributed by atoms with van der Waals surface area (Å²) in [4.78, 5) is 16.6. The summed E-state index contributed by atoms with van der Waals surface area (Å²) in [6.45, 7) is 4.39. The van der Waals surface area contributed by atoms with E-state index in [0.29, 0.717) is 16.4 Å². The van der Waals surface area contributed by atoms with Crippen molar-refractivity contribution in [3.8, 4) is 0 Å². The van der Waals surface area contributed by atoms with Gasteiger partial charge in [0.1, 0.15) is 17.2 Å². The van der Waals surface area contributed by atoms with Crippen LogP contribution in [0.3, 0.4) is 0 Å². The number of aromatic nitrogens is 1. The van der Waals surface area contributed by atoms with E-state index < -0.39 is 23.1 Å². The number of carbonyl (C=O) groups is 1. The molecule has 3 rings (SSSR count). The lowest BCUT2D eigenvalue weighted by Crippen LogP contribution is -2.17. The van der Waals surface area contributed by atoms with Crippen LogP contribution in [0.4, 0.5) is 8.78 Å². The van der Waals surface area contributed by atoms with Crippen LogP contribution in [0.15, 0.2) is 35.3 Å². The van der Waals surface area contributed by atoms with Gasteiger partial charge in [0.05, 0.1) is 10.2 Å². The molecule has 3 aromatic rings. The van der Waals surface area contributed by atoms with E-state index in [2.05, 4.69) is 4.99 Å². The lowest BCUT2D eigenvalue weighted by molar-refractivity contribution is 0.0990. The first-order chi connectivity index (χ1) is 11.4. The van der Waals surface area contributed by atoms with Crippen molar-refractivity contribution in [2.45, 2.75) is 20.4 Å². The van der Waals surface area contributed by atoms with Crippen LogP contribution in [-0.4, -0.2) is 10.5 Å². The maximum absolute atomic E-state index is 13.8. The highest BCUT2D eigenvalue weighted by Crippen LogP contribution is 2.26. The summed E-state index contributed by atoms with van der Waals surface area (Å²) in [6, 6.07) is 6.89. The molecule has 0 aliphatic heterocycles. The summed E-state index contributed by atoms with van der Waals surface area (Å²) >= 11 is 7.33. The van der Waals surface area contributed by atoms with E-state index in [0.717, 1.165) is 27.9 Å². The molecule has 0 N–H and O–H groups in total. The Labute approximate surface area is 145 Å². The minimum Gasteiger partial charge on any atom is -0.316 e. The predicted octanol–water partition coefficient (Wildman–Crippen LogP) is 4.70. The van der Waals surface area contributed by atoms with Crippen LogP contribution in [0.1, 0.15) is 22.8 Å². The topological polar surface area (TPSA) is 34.4 Å². The molecule has 1 heterocycles. The summed E-state index contributed by atoms with van der Waals surface area (Å²) < 4.78 is 30.2. The zero-order chi connectivity index (χ0) is 17.4. The third-order valence-corrected chi connectivity index (χ3v) is 4.87. The molecule has 0 atom stereocenters. The van der Waals surface area contributed by atoms with Crippen LogP contribution in [-0.2, 0) is 6.54 Å². The summed E-state index contributed by atoms with van der Waals surface area (Å²) in [5, 5.41) is 0.586. The lowest BCUT2D eigenvalue weighted by atomic mass is 10.2. The molecule has 0 radical (unpaired) electrons. The quantitative estimate of drug-likeness (QED) is 0.647. The number of carbonyl (C=O) groups excluding carboxylic acids is 1. The Morgan fingerprint density at radius 3 is 2.58 bits per heavy atom. The molecule has 1 amide bonds. The van der Waals surface area contributed by atoms with Gasteiger partial charge >= 0.3 is 0 Å². The monoisotopic (exact) mass is 366 g/mol. The Balaban J connectivity index is 2.24. The first-order valence-electron chi connectivity index (χ1n) is 7.25. The van der Waals surface area contributed by atoms with Crippen LogP contribution < -0.4 is 4.80 Å². The summed E-state index contributed by atoms with van der Waals surface area (Å²) in [5.74, 6) is -2.79. The minimum absolute atomic E-state index is 0.380. The highest BCUT2D eigenvalue weighted by atomic mass is 35.5. The van der Waals surface area contributed by atoms with E-state index in [9.17, 15) is 13.6 Å². The number of hydrogen-bond donors (Lipinski definition) is 0. The van der Waals surface area contributed by atoms with Crippen LogP contribution in [0.5, 0.6) is 0 Å². The minimum atomic E-state index is -0.942. The van der Waals surface area contributed by atoms with Crippen molar-refractivity contribution in [2.75, 3.05) is 0 Å². The van der Waals surface area contributed by atoms with Gasteiger partial charge in [-0.25, -0.2) is 8.78 Å². The zero-order valence-corrected chi connectivity index (χ0v) is 14.5. The molecular formula is C17H13ClF2N2OS. The van der Waals surface area contributed by atoms with Crippen molar-refractivity contribution < 1.29 is 13.6 Å². The van der Waals surface area contributed by atoms with Gasteiger partial charge in [0.25, 0.3) is 5.91 Å². The average molecular weight is 367 g/mol. The standard InChI is InChI=1S/C17H13ClF2N2OS/c1-3-22-15-9(2)7-10(18)8-13(15)24-17(22)21-16(23)14-11(19)5-4-6-12(14)20/h4-8H,3H2,1-2H3. The molecule has 0 fully saturated rings. The second kappa shape index (κ2) is 6.45. The molecule has 0 aliphatic rings. The molecule has 7 heteroatoms. The molecule has 3 nitrogen and oxygen atoms in total. The average Bonchev–Trinajstić information content (AvgIpc) is 2.84. The molecule has 2 aromatic carbocycles. The third-order valence-electron chi connectivity index (χ3n) is 3.62. The van der Waals surface area contributed by atoms with Gasteiger partial charge in [-0.05, 0) is 43.7 Å². The Hall–Kier alpha value is -2.05. The first kappa shape index (κ1) is 16.8. The van der Waals surface area contributed by atoms with Gasteiger partial charge in [-0.15, -0.1) is 0 Å². The number of aryl methyl sites for hydroxylation is 2. The number of rotatable bonds is 2. The SMILES string of the molecule is CCn1c(=NC(=O)c2c(F)cccc2F)sc2cc(Cl)cc(C)c21. The second-order valence-electron chi connectivity index (χ2n) is 5.21. The van der Waals surface area contributed by atoms with Crippen LogP contribution in [0.25, 0.3) is 10.2 Å². The number of halogens is 3. The largest absolute Gasteiger partial charge is 0.316 e. The van der Waals surface area contributed by atoms with Gasteiger partial charge < -0.3 is 4.57 Å².